The number of allylic oxidation sites excluding steroid dienone is 1. The van der Waals surface area contributed by atoms with Gasteiger partial charge in [0.1, 0.15) is 5.76 Å². The van der Waals surface area contributed by atoms with Gasteiger partial charge in [-0.2, -0.15) is 0 Å². The minimum Gasteiger partial charge on any atom is -0.431 e. The molecule has 0 saturated carbocycles. The number of ether oxygens (including phenoxy) is 1. The van der Waals surface area contributed by atoms with Crippen LogP contribution in [0.25, 0.3) is 0 Å². The lowest BCUT2D eigenvalue weighted by Gasteiger charge is -2.04. The van der Waals surface area contributed by atoms with Crippen LogP contribution in [-0.4, -0.2) is 17.7 Å². The van der Waals surface area contributed by atoms with Gasteiger partial charge in [0.15, 0.2) is 0 Å². The summed E-state index contributed by atoms with van der Waals surface area (Å²) >= 11 is 0. The minimum absolute atomic E-state index is 0.0808. The van der Waals surface area contributed by atoms with Crippen molar-refractivity contribution in [2.75, 3.05) is 6.61 Å². The molecule has 3 nitrogen and oxygen atoms in total. The second kappa shape index (κ2) is 6.85. The standard InChI is InChI=1S/C9H16O3/c1-3-5-9(11)12-8(4-2)6-7-10/h6,10H,3-5,7H2,1-2H3. The molecular weight excluding hydrogens is 156 g/mol. The molecule has 0 bridgehead atoms. The van der Waals surface area contributed by atoms with E-state index in [2.05, 4.69) is 0 Å². The molecule has 0 heterocycles. The fraction of sp³-hybridized carbons (Fsp3) is 0.667. The van der Waals surface area contributed by atoms with E-state index in [1.165, 1.54) is 6.08 Å². The molecule has 0 aliphatic rings. The van der Waals surface area contributed by atoms with Crippen LogP contribution in [0.2, 0.25) is 0 Å². The maximum absolute atomic E-state index is 10.9. The number of carbonyl (C=O) groups excluding carboxylic acids is 1. The lowest BCUT2D eigenvalue weighted by Crippen LogP contribution is -2.03. The third-order valence-electron chi connectivity index (χ3n) is 1.37. The summed E-state index contributed by atoms with van der Waals surface area (Å²) in [4.78, 5) is 10.9. The van der Waals surface area contributed by atoms with E-state index in [0.29, 0.717) is 18.6 Å². The summed E-state index contributed by atoms with van der Waals surface area (Å²) in [5.74, 6) is 0.329. The summed E-state index contributed by atoms with van der Waals surface area (Å²) in [5.41, 5.74) is 0. The predicted octanol–water partition coefficient (Wildman–Crippen LogP) is 1.62. The number of esters is 1. The highest BCUT2D eigenvalue weighted by Crippen LogP contribution is 2.04. The van der Waals surface area contributed by atoms with E-state index in [1.807, 2.05) is 13.8 Å². The van der Waals surface area contributed by atoms with Crippen molar-refractivity contribution < 1.29 is 14.6 Å². The molecule has 0 radical (unpaired) electrons. The van der Waals surface area contributed by atoms with Crippen molar-refractivity contribution in [2.45, 2.75) is 33.1 Å². The molecule has 0 aliphatic carbocycles. The third-order valence-corrected chi connectivity index (χ3v) is 1.37. The highest BCUT2D eigenvalue weighted by Gasteiger charge is 2.03. The number of hydrogen-bond acceptors (Lipinski definition) is 3. The summed E-state index contributed by atoms with van der Waals surface area (Å²) < 4.78 is 4.94. The van der Waals surface area contributed by atoms with Gasteiger partial charge in [0.05, 0.1) is 6.61 Å². The van der Waals surface area contributed by atoms with Crippen LogP contribution in [0.3, 0.4) is 0 Å². The first kappa shape index (κ1) is 11.2. The predicted molar refractivity (Wildman–Crippen MR) is 46.5 cm³/mol. The zero-order chi connectivity index (χ0) is 9.40. The summed E-state index contributed by atoms with van der Waals surface area (Å²) in [5, 5.41) is 8.54. The van der Waals surface area contributed by atoms with Crippen LogP contribution >= 0.6 is 0 Å². The quantitative estimate of drug-likeness (QED) is 0.506. The van der Waals surface area contributed by atoms with Crippen molar-refractivity contribution >= 4 is 5.97 Å². The van der Waals surface area contributed by atoms with Crippen molar-refractivity contribution in [3.8, 4) is 0 Å². The molecule has 0 fully saturated rings. The number of rotatable bonds is 5. The van der Waals surface area contributed by atoms with E-state index in [1.54, 1.807) is 0 Å². The van der Waals surface area contributed by atoms with Gasteiger partial charge >= 0.3 is 5.97 Å². The highest BCUT2D eigenvalue weighted by molar-refractivity contribution is 5.70. The Morgan fingerprint density at radius 3 is 2.58 bits per heavy atom. The molecule has 0 aromatic rings. The summed E-state index contributed by atoms with van der Waals surface area (Å²) in [7, 11) is 0. The average Bonchev–Trinajstić information content (AvgIpc) is 2.04. The molecule has 0 aliphatic heterocycles. The Labute approximate surface area is 73.0 Å². The van der Waals surface area contributed by atoms with Crippen LogP contribution in [0.4, 0.5) is 0 Å². The molecule has 0 atom stereocenters. The normalized spacial score (nSPS) is 11.4. The Balaban J connectivity index is 3.85. The molecule has 0 spiro atoms. The SMILES string of the molecule is CCCC(=O)OC(=CCO)CC. The zero-order valence-electron chi connectivity index (χ0n) is 7.67. The largest absolute Gasteiger partial charge is 0.431 e. The maximum atomic E-state index is 10.9. The van der Waals surface area contributed by atoms with Gasteiger partial charge in [-0.15, -0.1) is 0 Å². The van der Waals surface area contributed by atoms with Crippen molar-refractivity contribution in [2.24, 2.45) is 0 Å². The first-order valence-corrected chi connectivity index (χ1v) is 4.25. The van der Waals surface area contributed by atoms with Crippen LogP contribution in [0, 0.1) is 0 Å². The minimum atomic E-state index is -0.223. The second-order valence-corrected chi connectivity index (χ2v) is 2.43. The zero-order valence-corrected chi connectivity index (χ0v) is 7.67. The molecule has 0 rings (SSSR count). The molecule has 0 aromatic heterocycles. The van der Waals surface area contributed by atoms with Gasteiger partial charge in [-0.3, -0.25) is 4.79 Å². The van der Waals surface area contributed by atoms with Crippen molar-refractivity contribution in [3.63, 3.8) is 0 Å². The van der Waals surface area contributed by atoms with Crippen molar-refractivity contribution in [1.82, 2.24) is 0 Å². The molecule has 0 amide bonds. The molecule has 1 N–H and O–H groups in total. The summed E-state index contributed by atoms with van der Waals surface area (Å²) in [6.07, 6.45) is 3.36. The van der Waals surface area contributed by atoms with Crippen LogP contribution in [0.1, 0.15) is 33.1 Å². The lowest BCUT2D eigenvalue weighted by molar-refractivity contribution is -0.139. The van der Waals surface area contributed by atoms with Crippen LogP contribution in [0.5, 0.6) is 0 Å². The Bertz CT molecular complexity index is 161. The molecule has 70 valence electrons. The topological polar surface area (TPSA) is 46.5 Å². The Hall–Kier alpha value is -0.830. The Kier molecular flexibility index (Phi) is 6.38. The Morgan fingerprint density at radius 2 is 2.17 bits per heavy atom. The Morgan fingerprint density at radius 1 is 1.50 bits per heavy atom. The smallest absolute Gasteiger partial charge is 0.310 e. The van der Waals surface area contributed by atoms with Crippen LogP contribution < -0.4 is 0 Å². The first-order chi connectivity index (χ1) is 5.74. The fourth-order valence-electron chi connectivity index (χ4n) is 0.761. The van der Waals surface area contributed by atoms with Gasteiger partial charge in [-0.1, -0.05) is 13.8 Å². The van der Waals surface area contributed by atoms with Gasteiger partial charge in [-0.05, 0) is 12.5 Å². The third kappa shape index (κ3) is 4.91. The molecular formula is C9H16O3. The first-order valence-electron chi connectivity index (χ1n) is 4.25. The molecule has 0 unspecified atom stereocenters. The monoisotopic (exact) mass is 172 g/mol. The van der Waals surface area contributed by atoms with E-state index in [9.17, 15) is 4.79 Å². The number of aliphatic hydroxyl groups is 1. The highest BCUT2D eigenvalue weighted by atomic mass is 16.5. The van der Waals surface area contributed by atoms with Crippen LogP contribution in [-0.2, 0) is 9.53 Å². The average molecular weight is 172 g/mol. The van der Waals surface area contributed by atoms with Crippen molar-refractivity contribution in [3.05, 3.63) is 11.8 Å². The van der Waals surface area contributed by atoms with E-state index in [-0.39, 0.29) is 12.6 Å². The van der Waals surface area contributed by atoms with Crippen molar-refractivity contribution in [1.29, 1.82) is 0 Å². The van der Waals surface area contributed by atoms with E-state index < -0.39 is 0 Å². The van der Waals surface area contributed by atoms with Gasteiger partial charge in [-0.25, -0.2) is 0 Å². The van der Waals surface area contributed by atoms with E-state index in [0.717, 1.165) is 6.42 Å². The van der Waals surface area contributed by atoms with Gasteiger partial charge < -0.3 is 9.84 Å². The number of hydrogen-bond donors (Lipinski definition) is 1. The number of aliphatic hydroxyl groups excluding tert-OH is 1. The van der Waals surface area contributed by atoms with E-state index >= 15 is 0 Å². The molecule has 3 heteroatoms. The molecule has 0 aromatic carbocycles. The van der Waals surface area contributed by atoms with Gasteiger partial charge in [0.2, 0.25) is 0 Å². The number of carbonyl (C=O) groups is 1. The van der Waals surface area contributed by atoms with E-state index in [4.69, 9.17) is 9.84 Å². The summed E-state index contributed by atoms with van der Waals surface area (Å²) in [6.45, 7) is 3.71. The summed E-state index contributed by atoms with van der Waals surface area (Å²) in [6, 6.07) is 0. The molecule has 12 heavy (non-hydrogen) atoms. The fourth-order valence-corrected chi connectivity index (χ4v) is 0.761. The maximum Gasteiger partial charge on any atom is 0.310 e. The van der Waals surface area contributed by atoms with Gasteiger partial charge in [0, 0.05) is 12.8 Å². The molecule has 0 saturated heterocycles. The van der Waals surface area contributed by atoms with Gasteiger partial charge in [0.25, 0.3) is 0 Å². The second-order valence-electron chi connectivity index (χ2n) is 2.43. The van der Waals surface area contributed by atoms with Crippen LogP contribution in [0.15, 0.2) is 11.8 Å². The lowest BCUT2D eigenvalue weighted by atomic mass is 10.3.